The van der Waals surface area contributed by atoms with E-state index in [1.54, 1.807) is 11.7 Å². The number of aromatic amines is 1. The Labute approximate surface area is 106 Å². The zero-order valence-corrected chi connectivity index (χ0v) is 11.1. The zero-order valence-electron chi connectivity index (χ0n) is 7.12. The van der Waals surface area contributed by atoms with Crippen LogP contribution in [0.15, 0.2) is 20.0 Å². The standard InChI is InChI=1S/C7H4Br2N4OS/c8-3-1-11-13-6(3)12-7(14)4-5(9)15-2-10-4/h1-2H,(H2,11,12,13,14). The molecule has 0 saturated carbocycles. The van der Waals surface area contributed by atoms with Crippen LogP contribution in [-0.2, 0) is 0 Å². The summed E-state index contributed by atoms with van der Waals surface area (Å²) in [7, 11) is 0. The number of amides is 1. The first-order valence-corrected chi connectivity index (χ1v) is 6.24. The van der Waals surface area contributed by atoms with Crippen molar-refractivity contribution in [1.82, 2.24) is 15.2 Å². The van der Waals surface area contributed by atoms with Crippen molar-refractivity contribution in [3.05, 3.63) is 25.7 Å². The third-order valence-electron chi connectivity index (χ3n) is 1.57. The van der Waals surface area contributed by atoms with Crippen molar-refractivity contribution in [3.8, 4) is 0 Å². The van der Waals surface area contributed by atoms with Gasteiger partial charge in [0.2, 0.25) is 0 Å². The summed E-state index contributed by atoms with van der Waals surface area (Å²) in [4.78, 5) is 15.6. The third kappa shape index (κ3) is 2.27. The summed E-state index contributed by atoms with van der Waals surface area (Å²) in [6.45, 7) is 0. The van der Waals surface area contributed by atoms with Gasteiger partial charge in [0, 0.05) is 0 Å². The fourth-order valence-electron chi connectivity index (χ4n) is 0.912. The molecule has 0 unspecified atom stereocenters. The number of hydrogen-bond donors (Lipinski definition) is 2. The Morgan fingerprint density at radius 1 is 1.53 bits per heavy atom. The van der Waals surface area contributed by atoms with Crippen LogP contribution in [0, 0.1) is 0 Å². The minimum absolute atomic E-state index is 0.284. The Morgan fingerprint density at radius 3 is 2.87 bits per heavy atom. The second kappa shape index (κ2) is 4.42. The lowest BCUT2D eigenvalue weighted by Gasteiger charge is -2.00. The van der Waals surface area contributed by atoms with E-state index in [2.05, 4.69) is 52.4 Å². The van der Waals surface area contributed by atoms with Gasteiger partial charge in [-0.2, -0.15) is 5.10 Å². The second-order valence-electron chi connectivity index (χ2n) is 2.52. The van der Waals surface area contributed by atoms with Crippen molar-refractivity contribution in [2.24, 2.45) is 0 Å². The summed E-state index contributed by atoms with van der Waals surface area (Å²) >= 11 is 7.84. The molecule has 0 saturated heterocycles. The van der Waals surface area contributed by atoms with Crippen LogP contribution in [0.3, 0.4) is 0 Å². The van der Waals surface area contributed by atoms with E-state index in [1.165, 1.54) is 11.3 Å². The van der Waals surface area contributed by atoms with Crippen LogP contribution in [0.1, 0.15) is 10.5 Å². The molecule has 2 aromatic heterocycles. The lowest BCUT2D eigenvalue weighted by atomic mass is 10.4. The molecule has 15 heavy (non-hydrogen) atoms. The van der Waals surface area contributed by atoms with Gasteiger partial charge in [-0.1, -0.05) is 0 Å². The number of halogens is 2. The average molecular weight is 352 g/mol. The fraction of sp³-hybridized carbons (Fsp3) is 0. The molecule has 1 amide bonds. The third-order valence-corrected chi connectivity index (χ3v) is 3.72. The van der Waals surface area contributed by atoms with E-state index in [9.17, 15) is 4.79 Å². The molecule has 0 spiro atoms. The average Bonchev–Trinajstić information content (AvgIpc) is 2.76. The van der Waals surface area contributed by atoms with Crippen LogP contribution < -0.4 is 5.32 Å². The molecule has 2 rings (SSSR count). The van der Waals surface area contributed by atoms with Crippen molar-refractivity contribution in [3.63, 3.8) is 0 Å². The van der Waals surface area contributed by atoms with E-state index >= 15 is 0 Å². The van der Waals surface area contributed by atoms with Crippen molar-refractivity contribution >= 4 is 54.9 Å². The maximum Gasteiger partial charge on any atom is 0.277 e. The van der Waals surface area contributed by atoms with Gasteiger partial charge in [0.25, 0.3) is 5.91 Å². The molecule has 2 heterocycles. The molecule has 0 atom stereocenters. The van der Waals surface area contributed by atoms with E-state index in [0.717, 1.165) is 0 Å². The van der Waals surface area contributed by atoms with Gasteiger partial charge in [0.05, 0.1) is 16.2 Å². The topological polar surface area (TPSA) is 70.7 Å². The molecule has 0 bridgehead atoms. The quantitative estimate of drug-likeness (QED) is 0.873. The molecule has 2 aromatic rings. The normalized spacial score (nSPS) is 10.3. The Balaban J connectivity index is 2.18. The minimum Gasteiger partial charge on any atom is -0.305 e. The lowest BCUT2D eigenvalue weighted by molar-refractivity contribution is 0.102. The van der Waals surface area contributed by atoms with Gasteiger partial charge in [-0.15, -0.1) is 11.3 Å². The van der Waals surface area contributed by atoms with Crippen LogP contribution in [0.2, 0.25) is 0 Å². The maximum atomic E-state index is 11.7. The first-order chi connectivity index (χ1) is 7.18. The van der Waals surface area contributed by atoms with Gasteiger partial charge in [-0.05, 0) is 31.9 Å². The molecular formula is C7H4Br2N4OS. The Kier molecular flexibility index (Phi) is 3.17. The van der Waals surface area contributed by atoms with Gasteiger partial charge in [0.15, 0.2) is 5.69 Å². The molecule has 0 aliphatic rings. The molecule has 0 aliphatic carbocycles. The smallest absolute Gasteiger partial charge is 0.277 e. The molecule has 0 aliphatic heterocycles. The number of aromatic nitrogens is 3. The van der Waals surface area contributed by atoms with Crippen LogP contribution in [0.25, 0.3) is 0 Å². The summed E-state index contributed by atoms with van der Waals surface area (Å²) in [6.07, 6.45) is 1.56. The van der Waals surface area contributed by atoms with Gasteiger partial charge < -0.3 is 5.32 Å². The van der Waals surface area contributed by atoms with E-state index in [1.807, 2.05) is 0 Å². The molecule has 5 nitrogen and oxygen atoms in total. The van der Waals surface area contributed by atoms with E-state index in [4.69, 9.17) is 0 Å². The molecule has 0 aromatic carbocycles. The van der Waals surface area contributed by atoms with Crippen molar-refractivity contribution < 1.29 is 4.79 Å². The molecule has 0 fully saturated rings. The number of carbonyl (C=O) groups is 1. The number of thiazole rings is 1. The van der Waals surface area contributed by atoms with Crippen LogP contribution in [-0.4, -0.2) is 21.1 Å². The van der Waals surface area contributed by atoms with Crippen LogP contribution in [0.5, 0.6) is 0 Å². The fourth-order valence-corrected chi connectivity index (χ4v) is 2.24. The number of carbonyl (C=O) groups excluding carboxylic acids is 1. The highest BCUT2D eigenvalue weighted by Crippen LogP contribution is 2.23. The van der Waals surface area contributed by atoms with Crippen LogP contribution in [0.4, 0.5) is 5.82 Å². The first-order valence-electron chi connectivity index (χ1n) is 3.77. The highest BCUT2D eigenvalue weighted by atomic mass is 79.9. The van der Waals surface area contributed by atoms with Gasteiger partial charge in [-0.25, -0.2) is 4.98 Å². The molecule has 78 valence electrons. The summed E-state index contributed by atoms with van der Waals surface area (Å²) in [5, 5.41) is 9.06. The summed E-state index contributed by atoms with van der Waals surface area (Å²) in [5.74, 6) is 0.230. The number of hydrogen-bond acceptors (Lipinski definition) is 4. The van der Waals surface area contributed by atoms with Crippen molar-refractivity contribution in [2.75, 3.05) is 5.32 Å². The summed E-state index contributed by atoms with van der Waals surface area (Å²) < 4.78 is 1.40. The van der Waals surface area contributed by atoms with Crippen LogP contribution >= 0.6 is 43.2 Å². The van der Waals surface area contributed by atoms with Gasteiger partial charge in [-0.3, -0.25) is 9.89 Å². The number of H-pyrrole nitrogens is 1. The zero-order chi connectivity index (χ0) is 10.8. The van der Waals surface area contributed by atoms with E-state index in [-0.39, 0.29) is 5.91 Å². The largest absolute Gasteiger partial charge is 0.305 e. The molecule has 2 N–H and O–H groups in total. The van der Waals surface area contributed by atoms with E-state index in [0.29, 0.717) is 19.8 Å². The lowest BCUT2D eigenvalue weighted by Crippen LogP contribution is -2.13. The second-order valence-corrected chi connectivity index (χ2v) is 5.55. The maximum absolute atomic E-state index is 11.7. The summed E-state index contributed by atoms with van der Waals surface area (Å²) in [6, 6.07) is 0. The van der Waals surface area contributed by atoms with Crippen molar-refractivity contribution in [2.45, 2.75) is 0 Å². The molecular weight excluding hydrogens is 348 g/mol. The highest BCUT2D eigenvalue weighted by molar-refractivity contribution is 9.11. The van der Waals surface area contributed by atoms with Crippen molar-refractivity contribution in [1.29, 1.82) is 0 Å². The number of nitrogens with zero attached hydrogens (tertiary/aromatic N) is 2. The highest BCUT2D eigenvalue weighted by Gasteiger charge is 2.14. The SMILES string of the molecule is O=C(Nc1[nH]ncc1Br)c1ncsc1Br. The first kappa shape index (κ1) is 10.8. The number of rotatable bonds is 2. The van der Waals surface area contributed by atoms with E-state index < -0.39 is 0 Å². The number of nitrogens with one attached hydrogen (secondary N) is 2. The molecule has 8 heteroatoms. The summed E-state index contributed by atoms with van der Waals surface area (Å²) in [5.41, 5.74) is 1.96. The molecule has 0 radical (unpaired) electrons. The predicted octanol–water partition coefficient (Wildman–Crippen LogP) is 2.64. The minimum atomic E-state index is -0.284. The van der Waals surface area contributed by atoms with Gasteiger partial charge in [0.1, 0.15) is 9.60 Å². The number of anilines is 1. The monoisotopic (exact) mass is 350 g/mol. The Morgan fingerprint density at radius 2 is 2.33 bits per heavy atom. The van der Waals surface area contributed by atoms with Gasteiger partial charge >= 0.3 is 0 Å². The Hall–Kier alpha value is -0.730. The predicted molar refractivity (Wildman–Crippen MR) is 64.1 cm³/mol. The Bertz CT molecular complexity index is 495.